The highest BCUT2D eigenvalue weighted by molar-refractivity contribution is 5.89. The van der Waals surface area contributed by atoms with E-state index >= 15 is 0 Å². The maximum absolute atomic E-state index is 13.5. The second-order valence-corrected chi connectivity index (χ2v) is 9.76. The topological polar surface area (TPSA) is 61.4 Å². The largest absolute Gasteiger partial charge is 0.416 e. The predicted molar refractivity (Wildman–Crippen MR) is 142 cm³/mol. The molecule has 0 spiro atoms. The first-order valence-corrected chi connectivity index (χ1v) is 12.8. The Hall–Kier alpha value is -3.65. The number of benzene rings is 3. The smallest absolute Gasteiger partial charge is 0.335 e. The number of alkyl halides is 3. The highest BCUT2D eigenvalue weighted by atomic mass is 19.4. The summed E-state index contributed by atoms with van der Waals surface area (Å²) in [5.74, 6) is -0.0282. The van der Waals surface area contributed by atoms with Gasteiger partial charge in [0.25, 0.3) is 0 Å². The van der Waals surface area contributed by atoms with Crippen molar-refractivity contribution in [2.75, 3.05) is 18.4 Å². The molecule has 4 rings (SSSR count). The van der Waals surface area contributed by atoms with Crippen molar-refractivity contribution in [1.82, 2.24) is 10.2 Å². The molecule has 200 valence electrons. The van der Waals surface area contributed by atoms with Crippen molar-refractivity contribution in [3.8, 4) is 0 Å². The van der Waals surface area contributed by atoms with Gasteiger partial charge in [0.15, 0.2) is 5.78 Å². The number of likely N-dealkylation sites (tertiary alicyclic amines) is 1. The standard InChI is InChI=1S/C30H32F3N3O2/c1-21-18-22(20-24(19-21)30(31,32)33)12-13-27(37)28(23-8-4-2-5-9-23)36-16-14-26(15-17-36)35-29(38)34-25-10-6-3-7-11-25/h2-11,18-20,26,28H,12-17H2,1H3,(H2,34,35,38). The van der Waals surface area contributed by atoms with Crippen molar-refractivity contribution in [3.63, 3.8) is 0 Å². The number of urea groups is 1. The van der Waals surface area contributed by atoms with Crippen LogP contribution in [0.4, 0.5) is 23.7 Å². The lowest BCUT2D eigenvalue weighted by Crippen LogP contribution is -2.48. The molecular formula is C30H32F3N3O2. The van der Waals surface area contributed by atoms with E-state index in [-0.39, 0.29) is 30.7 Å². The number of nitrogens with one attached hydrogen (secondary N) is 2. The van der Waals surface area contributed by atoms with E-state index in [1.165, 1.54) is 0 Å². The highest BCUT2D eigenvalue weighted by Gasteiger charge is 2.32. The number of aryl methyl sites for hydroxylation is 2. The van der Waals surface area contributed by atoms with Crippen LogP contribution in [0.3, 0.4) is 0 Å². The van der Waals surface area contributed by atoms with Crippen LogP contribution in [0.5, 0.6) is 0 Å². The van der Waals surface area contributed by atoms with Crippen LogP contribution in [0.15, 0.2) is 78.9 Å². The number of nitrogens with zero attached hydrogens (tertiary/aromatic N) is 1. The van der Waals surface area contributed by atoms with Crippen molar-refractivity contribution in [2.45, 2.75) is 50.9 Å². The van der Waals surface area contributed by atoms with E-state index in [2.05, 4.69) is 15.5 Å². The second-order valence-electron chi connectivity index (χ2n) is 9.76. The molecule has 3 aromatic rings. The minimum Gasteiger partial charge on any atom is -0.335 e. The van der Waals surface area contributed by atoms with Crippen LogP contribution in [0.2, 0.25) is 0 Å². The maximum Gasteiger partial charge on any atom is 0.416 e. The quantitative estimate of drug-likeness (QED) is 0.352. The minimum atomic E-state index is -4.42. The molecule has 0 aliphatic carbocycles. The van der Waals surface area contributed by atoms with Gasteiger partial charge in [-0.05, 0) is 61.6 Å². The second kappa shape index (κ2) is 12.3. The molecule has 0 aromatic heterocycles. The van der Waals surface area contributed by atoms with Gasteiger partial charge in [0.05, 0.1) is 11.6 Å². The summed E-state index contributed by atoms with van der Waals surface area (Å²) in [7, 11) is 0. The van der Waals surface area contributed by atoms with Crippen LogP contribution in [0.25, 0.3) is 0 Å². The van der Waals surface area contributed by atoms with Crippen molar-refractivity contribution < 1.29 is 22.8 Å². The number of piperidine rings is 1. The molecule has 1 saturated heterocycles. The zero-order chi connectivity index (χ0) is 27.1. The number of ketones is 1. The first kappa shape index (κ1) is 27.4. The summed E-state index contributed by atoms with van der Waals surface area (Å²) in [4.78, 5) is 28.0. The van der Waals surface area contributed by atoms with Crippen LogP contribution >= 0.6 is 0 Å². The number of hydrogen-bond acceptors (Lipinski definition) is 3. The Balaban J connectivity index is 1.39. The average molecular weight is 524 g/mol. The van der Waals surface area contributed by atoms with E-state index in [0.29, 0.717) is 42.7 Å². The third-order valence-electron chi connectivity index (χ3n) is 6.81. The maximum atomic E-state index is 13.5. The zero-order valence-electron chi connectivity index (χ0n) is 21.3. The monoisotopic (exact) mass is 523 g/mol. The fraction of sp³-hybridized carbons (Fsp3) is 0.333. The van der Waals surface area contributed by atoms with E-state index in [1.807, 2.05) is 60.7 Å². The van der Waals surface area contributed by atoms with E-state index in [1.54, 1.807) is 13.0 Å². The number of amides is 2. The van der Waals surface area contributed by atoms with Crippen molar-refractivity contribution in [1.29, 1.82) is 0 Å². The van der Waals surface area contributed by atoms with E-state index < -0.39 is 17.8 Å². The average Bonchev–Trinajstić information content (AvgIpc) is 2.89. The van der Waals surface area contributed by atoms with Crippen LogP contribution in [0.1, 0.15) is 47.6 Å². The van der Waals surface area contributed by atoms with E-state index in [9.17, 15) is 22.8 Å². The Kier molecular flexibility index (Phi) is 8.84. The van der Waals surface area contributed by atoms with E-state index in [0.717, 1.165) is 17.7 Å². The van der Waals surface area contributed by atoms with Crippen LogP contribution in [-0.4, -0.2) is 35.8 Å². The number of rotatable bonds is 8. The van der Waals surface area contributed by atoms with Gasteiger partial charge in [-0.1, -0.05) is 60.2 Å². The molecule has 0 bridgehead atoms. The van der Waals surface area contributed by atoms with Gasteiger partial charge in [-0.15, -0.1) is 0 Å². The summed E-state index contributed by atoms with van der Waals surface area (Å²) in [5, 5.41) is 5.84. The number of carbonyl (C=O) groups is 2. The molecule has 38 heavy (non-hydrogen) atoms. The van der Waals surface area contributed by atoms with Gasteiger partial charge in [0, 0.05) is 31.2 Å². The minimum absolute atomic E-state index is 0.0189. The number of hydrogen-bond donors (Lipinski definition) is 2. The van der Waals surface area contributed by atoms with Gasteiger partial charge in [-0.25, -0.2) is 4.79 Å². The van der Waals surface area contributed by atoms with Gasteiger partial charge < -0.3 is 10.6 Å². The van der Waals surface area contributed by atoms with Crippen LogP contribution < -0.4 is 10.6 Å². The predicted octanol–water partition coefficient (Wildman–Crippen LogP) is 6.54. The van der Waals surface area contributed by atoms with Crippen LogP contribution in [0, 0.1) is 6.92 Å². The van der Waals surface area contributed by atoms with Crippen LogP contribution in [-0.2, 0) is 17.4 Å². The Morgan fingerprint density at radius 2 is 1.58 bits per heavy atom. The third kappa shape index (κ3) is 7.44. The third-order valence-corrected chi connectivity index (χ3v) is 6.81. The molecule has 2 N–H and O–H groups in total. The zero-order valence-corrected chi connectivity index (χ0v) is 21.3. The lowest BCUT2D eigenvalue weighted by Gasteiger charge is -2.37. The Morgan fingerprint density at radius 1 is 0.947 bits per heavy atom. The van der Waals surface area contributed by atoms with Gasteiger partial charge in [0.2, 0.25) is 0 Å². The van der Waals surface area contributed by atoms with Gasteiger partial charge >= 0.3 is 12.2 Å². The number of Topliss-reactive ketones (excluding diaryl/α,β-unsaturated/α-hetero) is 1. The Morgan fingerprint density at radius 3 is 2.21 bits per heavy atom. The first-order valence-electron chi connectivity index (χ1n) is 12.8. The number of para-hydroxylation sites is 1. The molecule has 1 fully saturated rings. The molecule has 0 saturated carbocycles. The van der Waals surface area contributed by atoms with E-state index in [4.69, 9.17) is 0 Å². The summed E-state index contributed by atoms with van der Waals surface area (Å²) in [6.45, 7) is 2.86. The molecule has 8 heteroatoms. The van der Waals surface area contributed by atoms with Gasteiger partial charge in [0.1, 0.15) is 0 Å². The fourth-order valence-electron chi connectivity index (χ4n) is 4.99. The Labute approximate surface area is 221 Å². The lowest BCUT2D eigenvalue weighted by atomic mass is 9.93. The van der Waals surface area contributed by atoms with Gasteiger partial charge in [-0.2, -0.15) is 13.2 Å². The number of halogens is 3. The summed E-state index contributed by atoms with van der Waals surface area (Å²) < 4.78 is 39.8. The fourth-order valence-corrected chi connectivity index (χ4v) is 4.99. The van der Waals surface area contributed by atoms with Crippen molar-refractivity contribution >= 4 is 17.5 Å². The lowest BCUT2D eigenvalue weighted by molar-refractivity contribution is -0.137. The molecule has 1 heterocycles. The normalized spacial score (nSPS) is 15.6. The summed E-state index contributed by atoms with van der Waals surface area (Å²) in [6.07, 6.45) is -2.67. The number of carbonyl (C=O) groups excluding carboxylic acids is 2. The van der Waals surface area contributed by atoms with Gasteiger partial charge in [-0.3, -0.25) is 9.69 Å². The SMILES string of the molecule is Cc1cc(CCC(=O)C(c2ccccc2)N2CCC(NC(=O)Nc3ccccc3)CC2)cc(C(F)(F)F)c1. The summed E-state index contributed by atoms with van der Waals surface area (Å²) in [5.41, 5.74) is 1.92. The highest BCUT2D eigenvalue weighted by Crippen LogP contribution is 2.32. The Bertz CT molecular complexity index is 1220. The number of anilines is 1. The molecule has 2 amide bonds. The molecule has 0 radical (unpaired) electrons. The molecule has 1 unspecified atom stereocenters. The molecule has 1 atom stereocenters. The molecule has 1 aliphatic heterocycles. The molecule has 3 aromatic carbocycles. The summed E-state index contributed by atoms with van der Waals surface area (Å²) in [6, 6.07) is 21.9. The molecular weight excluding hydrogens is 491 g/mol. The molecule has 5 nitrogen and oxygen atoms in total. The van der Waals surface area contributed by atoms with Crippen molar-refractivity contribution in [3.05, 3.63) is 101 Å². The van der Waals surface area contributed by atoms with Crippen molar-refractivity contribution in [2.24, 2.45) is 0 Å². The summed E-state index contributed by atoms with van der Waals surface area (Å²) >= 11 is 0. The first-order chi connectivity index (χ1) is 18.2. The molecule has 1 aliphatic rings.